The Morgan fingerprint density at radius 2 is 2.00 bits per heavy atom. The quantitative estimate of drug-likeness (QED) is 0.790. The van der Waals surface area contributed by atoms with Gasteiger partial charge < -0.3 is 10.2 Å². The molecule has 0 fully saturated rings. The molecule has 0 aromatic carbocycles. The first kappa shape index (κ1) is 11.0. The van der Waals surface area contributed by atoms with Crippen LogP contribution in [0.2, 0.25) is 0 Å². The Morgan fingerprint density at radius 1 is 1.36 bits per heavy atom. The lowest BCUT2D eigenvalue weighted by Gasteiger charge is -2.28. The monoisotopic (exact) mass is 193 g/mol. The minimum absolute atomic E-state index is 0.0478. The molecule has 1 N–H and O–H groups in total. The molecule has 78 valence electrons. The molecule has 0 spiro atoms. The molecule has 1 aromatic heterocycles. The number of hydrogen-bond donors (Lipinski definition) is 1. The topological polar surface area (TPSA) is 28.2 Å². The van der Waals surface area contributed by atoms with E-state index in [1.54, 1.807) is 0 Å². The van der Waals surface area contributed by atoms with Crippen LogP contribution in [-0.4, -0.2) is 26.1 Å². The Balaban J connectivity index is 3.20. The molecule has 1 heterocycles. The van der Waals surface area contributed by atoms with E-state index in [4.69, 9.17) is 0 Å². The van der Waals surface area contributed by atoms with Gasteiger partial charge in [0, 0.05) is 31.4 Å². The van der Waals surface area contributed by atoms with E-state index >= 15 is 0 Å². The van der Waals surface area contributed by atoms with Gasteiger partial charge in [0.25, 0.3) is 0 Å². The van der Waals surface area contributed by atoms with Crippen molar-refractivity contribution in [1.29, 1.82) is 0 Å². The summed E-state index contributed by atoms with van der Waals surface area (Å²) >= 11 is 0. The summed E-state index contributed by atoms with van der Waals surface area (Å²) in [5, 5.41) is 3.29. The molecule has 0 atom stereocenters. The van der Waals surface area contributed by atoms with Crippen LogP contribution >= 0.6 is 0 Å². The van der Waals surface area contributed by atoms with Gasteiger partial charge >= 0.3 is 0 Å². The van der Waals surface area contributed by atoms with Crippen LogP contribution in [0, 0.1) is 0 Å². The summed E-state index contributed by atoms with van der Waals surface area (Å²) in [4.78, 5) is 6.41. The Bertz CT molecular complexity index is 305. The number of nitrogens with one attached hydrogen (secondary N) is 1. The van der Waals surface area contributed by atoms with Gasteiger partial charge in [0.15, 0.2) is 0 Å². The first-order valence-electron chi connectivity index (χ1n) is 4.81. The van der Waals surface area contributed by atoms with E-state index in [0.29, 0.717) is 0 Å². The van der Waals surface area contributed by atoms with E-state index in [9.17, 15) is 0 Å². The number of pyridine rings is 1. The summed E-state index contributed by atoms with van der Waals surface area (Å²) in [5.41, 5.74) is 1.17. The Morgan fingerprint density at radius 3 is 2.50 bits per heavy atom. The normalized spacial score (nSPS) is 11.5. The van der Waals surface area contributed by atoms with Crippen molar-refractivity contribution < 1.29 is 0 Å². The number of hydrogen-bond acceptors (Lipinski definition) is 3. The molecule has 14 heavy (non-hydrogen) atoms. The highest BCUT2D eigenvalue weighted by atomic mass is 15.1. The molecule has 0 radical (unpaired) electrons. The molecule has 3 heteroatoms. The maximum Gasteiger partial charge on any atom is 0.133 e. The predicted molar refractivity (Wildman–Crippen MR) is 60.6 cm³/mol. The minimum Gasteiger partial charge on any atom is -0.362 e. The van der Waals surface area contributed by atoms with Crippen molar-refractivity contribution in [2.75, 3.05) is 26.0 Å². The molecular formula is C11H19N3. The second kappa shape index (κ2) is 3.96. The van der Waals surface area contributed by atoms with E-state index in [-0.39, 0.29) is 5.54 Å². The molecular weight excluding hydrogens is 174 g/mol. The second-order valence-corrected chi connectivity index (χ2v) is 4.14. The van der Waals surface area contributed by atoms with Crippen molar-refractivity contribution in [1.82, 2.24) is 10.3 Å². The van der Waals surface area contributed by atoms with E-state index in [1.807, 2.05) is 38.3 Å². The SMILES string of the molecule is CNC(C)(C)c1cccnc1N(C)C. The molecule has 0 unspecified atom stereocenters. The average molecular weight is 193 g/mol. The van der Waals surface area contributed by atoms with Gasteiger partial charge in [0.1, 0.15) is 5.82 Å². The molecule has 3 nitrogen and oxygen atoms in total. The highest BCUT2D eigenvalue weighted by Gasteiger charge is 2.22. The summed E-state index contributed by atoms with van der Waals surface area (Å²) < 4.78 is 0. The van der Waals surface area contributed by atoms with Crippen LogP contribution in [0.4, 0.5) is 5.82 Å². The zero-order valence-corrected chi connectivity index (χ0v) is 9.63. The van der Waals surface area contributed by atoms with Crippen LogP contribution in [0.5, 0.6) is 0 Å². The smallest absolute Gasteiger partial charge is 0.133 e. The van der Waals surface area contributed by atoms with Gasteiger partial charge in [-0.2, -0.15) is 0 Å². The van der Waals surface area contributed by atoms with Gasteiger partial charge in [-0.25, -0.2) is 4.98 Å². The van der Waals surface area contributed by atoms with Crippen LogP contribution in [0.25, 0.3) is 0 Å². The molecule has 0 aliphatic carbocycles. The zero-order chi connectivity index (χ0) is 10.8. The summed E-state index contributed by atoms with van der Waals surface area (Å²) in [6, 6.07) is 4.08. The van der Waals surface area contributed by atoms with E-state index < -0.39 is 0 Å². The Labute approximate surface area is 86.2 Å². The standard InChI is InChI=1S/C11H19N3/c1-11(2,12-3)9-7-6-8-13-10(9)14(4)5/h6-8,12H,1-5H3. The number of rotatable bonds is 3. The summed E-state index contributed by atoms with van der Waals surface area (Å²) in [5.74, 6) is 1.02. The maximum atomic E-state index is 4.38. The van der Waals surface area contributed by atoms with Gasteiger partial charge in [0.05, 0.1) is 0 Å². The fourth-order valence-electron chi connectivity index (χ4n) is 1.38. The average Bonchev–Trinajstić information content (AvgIpc) is 2.18. The highest BCUT2D eigenvalue weighted by molar-refractivity contribution is 5.48. The number of anilines is 1. The zero-order valence-electron chi connectivity index (χ0n) is 9.63. The summed E-state index contributed by atoms with van der Waals surface area (Å²) in [7, 11) is 5.99. The van der Waals surface area contributed by atoms with Gasteiger partial charge in [-0.15, -0.1) is 0 Å². The Hall–Kier alpha value is -1.09. The van der Waals surface area contributed by atoms with Crippen LogP contribution in [0.1, 0.15) is 19.4 Å². The van der Waals surface area contributed by atoms with Crippen LogP contribution in [0.3, 0.4) is 0 Å². The van der Waals surface area contributed by atoms with Gasteiger partial charge in [-0.3, -0.25) is 0 Å². The second-order valence-electron chi connectivity index (χ2n) is 4.14. The van der Waals surface area contributed by atoms with E-state index in [0.717, 1.165) is 5.82 Å². The van der Waals surface area contributed by atoms with Gasteiger partial charge in [-0.05, 0) is 27.0 Å². The summed E-state index contributed by atoms with van der Waals surface area (Å²) in [6.07, 6.45) is 1.82. The van der Waals surface area contributed by atoms with Crippen molar-refractivity contribution >= 4 is 5.82 Å². The lowest BCUT2D eigenvalue weighted by atomic mass is 9.95. The van der Waals surface area contributed by atoms with E-state index in [1.165, 1.54) is 5.56 Å². The molecule has 1 aromatic rings. The largest absolute Gasteiger partial charge is 0.362 e. The third-order valence-electron chi connectivity index (χ3n) is 2.51. The molecule has 0 saturated carbocycles. The van der Waals surface area contributed by atoms with E-state index in [2.05, 4.69) is 30.2 Å². The maximum absolute atomic E-state index is 4.38. The third-order valence-corrected chi connectivity index (χ3v) is 2.51. The summed E-state index contributed by atoms with van der Waals surface area (Å²) in [6.45, 7) is 4.30. The van der Waals surface area contributed by atoms with Crippen molar-refractivity contribution in [3.8, 4) is 0 Å². The fourth-order valence-corrected chi connectivity index (χ4v) is 1.38. The molecule has 0 aliphatic heterocycles. The van der Waals surface area contributed by atoms with Crippen molar-refractivity contribution in [2.24, 2.45) is 0 Å². The number of aromatic nitrogens is 1. The van der Waals surface area contributed by atoms with Crippen LogP contribution in [-0.2, 0) is 5.54 Å². The van der Waals surface area contributed by atoms with Gasteiger partial charge in [-0.1, -0.05) is 6.07 Å². The van der Waals surface area contributed by atoms with Crippen LogP contribution in [0.15, 0.2) is 18.3 Å². The third kappa shape index (κ3) is 2.04. The van der Waals surface area contributed by atoms with Crippen LogP contribution < -0.4 is 10.2 Å². The molecule has 0 saturated heterocycles. The predicted octanol–water partition coefficient (Wildman–Crippen LogP) is 1.60. The molecule has 1 rings (SSSR count). The molecule has 0 bridgehead atoms. The first-order valence-corrected chi connectivity index (χ1v) is 4.81. The number of nitrogens with zero attached hydrogens (tertiary/aromatic N) is 2. The van der Waals surface area contributed by atoms with Crippen molar-refractivity contribution in [3.05, 3.63) is 23.9 Å². The van der Waals surface area contributed by atoms with Crippen molar-refractivity contribution in [3.63, 3.8) is 0 Å². The van der Waals surface area contributed by atoms with Gasteiger partial charge in [0.2, 0.25) is 0 Å². The lowest BCUT2D eigenvalue weighted by molar-refractivity contribution is 0.443. The first-order chi connectivity index (χ1) is 6.49. The molecule has 0 amide bonds. The lowest BCUT2D eigenvalue weighted by Crippen LogP contribution is -2.35. The Kier molecular flexibility index (Phi) is 3.11. The fraction of sp³-hybridized carbons (Fsp3) is 0.545. The highest BCUT2D eigenvalue weighted by Crippen LogP contribution is 2.26. The minimum atomic E-state index is -0.0478. The molecule has 0 aliphatic rings. The van der Waals surface area contributed by atoms with Crippen molar-refractivity contribution in [2.45, 2.75) is 19.4 Å².